The minimum atomic E-state index is -2.13. The Bertz CT molecular complexity index is 1690. The van der Waals surface area contributed by atoms with Crippen LogP contribution in [-0.4, -0.2) is 109 Å². The summed E-state index contributed by atoms with van der Waals surface area (Å²) in [5.74, 6) is -4.93. The lowest BCUT2D eigenvalue weighted by Gasteiger charge is -2.63. The van der Waals surface area contributed by atoms with Gasteiger partial charge in [0.2, 0.25) is 12.1 Å². The zero-order valence-corrected chi connectivity index (χ0v) is 32.7. The Balaban J connectivity index is 1.57. The van der Waals surface area contributed by atoms with Crippen LogP contribution >= 0.6 is 0 Å². The van der Waals surface area contributed by atoms with Crippen LogP contribution in [-0.2, 0) is 42.9 Å². The molecule has 300 valence electrons. The third-order valence-electron chi connectivity index (χ3n) is 13.6. The molecule has 14 heteroatoms. The third kappa shape index (κ3) is 6.40. The molecular weight excluding hydrogens is 704 g/mol. The molecular formula is C40H56O14. The summed E-state index contributed by atoms with van der Waals surface area (Å²) in [5, 5.41) is 53.3. The van der Waals surface area contributed by atoms with Gasteiger partial charge in [-0.1, -0.05) is 32.4 Å². The molecule has 0 unspecified atom stereocenters. The molecule has 0 radical (unpaired) electrons. The first-order valence-electron chi connectivity index (χ1n) is 18.5. The molecule has 4 aliphatic carbocycles. The summed E-state index contributed by atoms with van der Waals surface area (Å²) in [7, 11) is 0. The van der Waals surface area contributed by atoms with Crippen LogP contribution in [0.5, 0.6) is 0 Å². The molecule has 5 rings (SSSR count). The molecule has 0 aromatic carbocycles. The number of ketones is 3. The second-order valence-electron chi connectivity index (χ2n) is 17.8. The van der Waals surface area contributed by atoms with Gasteiger partial charge in [-0.3, -0.25) is 24.0 Å². The van der Waals surface area contributed by atoms with E-state index >= 15 is 0 Å². The smallest absolute Gasteiger partial charge is 0.303 e. The molecule has 5 N–H and O–H groups in total. The Morgan fingerprint density at radius 1 is 0.963 bits per heavy atom. The Hall–Kier alpha value is -3.27. The van der Waals surface area contributed by atoms with E-state index in [1.54, 1.807) is 33.8 Å². The van der Waals surface area contributed by atoms with Crippen LogP contribution in [0.15, 0.2) is 35.6 Å². The minimum absolute atomic E-state index is 0.111. The first-order chi connectivity index (χ1) is 24.7. The monoisotopic (exact) mass is 760 g/mol. The highest BCUT2D eigenvalue weighted by atomic mass is 16.7. The summed E-state index contributed by atoms with van der Waals surface area (Å²) in [6.45, 7) is 15.4. The fourth-order valence-electron chi connectivity index (χ4n) is 10.6. The molecule has 0 bridgehead atoms. The van der Waals surface area contributed by atoms with E-state index in [1.807, 2.05) is 26.8 Å². The van der Waals surface area contributed by atoms with Gasteiger partial charge in [-0.15, -0.1) is 0 Å². The third-order valence-corrected chi connectivity index (χ3v) is 13.6. The summed E-state index contributed by atoms with van der Waals surface area (Å²) in [6, 6.07) is 0. The summed E-state index contributed by atoms with van der Waals surface area (Å²) in [4.78, 5) is 67.1. The number of hydrogen-bond acceptors (Lipinski definition) is 14. The lowest BCUT2D eigenvalue weighted by atomic mass is 9.39. The molecule has 2 saturated carbocycles. The molecule has 5 aliphatic rings. The highest BCUT2D eigenvalue weighted by Crippen LogP contribution is 2.74. The number of Topliss-reactive ketones (excluding diaryl/α,β-unsaturated/α-hetero) is 2. The Kier molecular flexibility index (Phi) is 10.7. The maximum absolute atomic E-state index is 15.0. The molecule has 13 atom stereocenters. The number of allylic oxidation sites excluding steroid dienone is 4. The normalized spacial score (nSPS) is 41.4. The number of ether oxygens (including phenoxy) is 4. The number of rotatable bonds is 9. The van der Waals surface area contributed by atoms with Crippen LogP contribution in [0.3, 0.4) is 0 Å². The Morgan fingerprint density at radius 3 is 2.17 bits per heavy atom. The fraction of sp³-hybridized carbons (Fsp3) is 0.725. The van der Waals surface area contributed by atoms with E-state index in [1.165, 1.54) is 26.8 Å². The van der Waals surface area contributed by atoms with Crippen molar-refractivity contribution in [3.8, 4) is 0 Å². The highest BCUT2D eigenvalue weighted by Gasteiger charge is 2.75. The standard InChI is InChI=1S/C40H56O14/c1-19(42)51-24-16-37(7)26-12-11-21-22(15-23(33(49)36(21,5)6)52-34-31(48)30(47)29(46)25(18-41)53-34)39(26,9)28(45)17-38(37,8)32(24)40(10,50)27(44)13-14-35(3,4)54-20(2)43/h11,13-15,22,24-26,29-32,34,41,46-48,50H,12,16-18H2,1-10H3/b14-13+/t22-,24-,25-,26+,29-,30+,31-,32+,34-,37+,38-,39+,40+/m1/s1. The van der Waals surface area contributed by atoms with Crippen LogP contribution in [0, 0.1) is 39.4 Å². The van der Waals surface area contributed by atoms with E-state index in [9.17, 15) is 49.5 Å². The van der Waals surface area contributed by atoms with Crippen LogP contribution in [0.25, 0.3) is 0 Å². The minimum Gasteiger partial charge on any atom is -0.462 e. The van der Waals surface area contributed by atoms with Crippen molar-refractivity contribution in [3.63, 3.8) is 0 Å². The number of aliphatic hydroxyl groups is 5. The first kappa shape index (κ1) is 41.9. The quantitative estimate of drug-likeness (QED) is 0.129. The number of fused-ring (bicyclic) bond motifs is 5. The topological polar surface area (TPSA) is 223 Å². The summed E-state index contributed by atoms with van der Waals surface area (Å²) >= 11 is 0. The van der Waals surface area contributed by atoms with Gasteiger partial charge in [0.25, 0.3) is 0 Å². The van der Waals surface area contributed by atoms with Crippen LogP contribution < -0.4 is 0 Å². The predicted octanol–water partition coefficient (Wildman–Crippen LogP) is 2.02. The molecule has 54 heavy (non-hydrogen) atoms. The summed E-state index contributed by atoms with van der Waals surface area (Å²) in [6.07, 6.45) is -2.51. The molecule has 3 fully saturated rings. The molecule has 0 amide bonds. The van der Waals surface area contributed by atoms with Crippen LogP contribution in [0.4, 0.5) is 0 Å². The lowest BCUT2D eigenvalue weighted by Crippen LogP contribution is -2.64. The van der Waals surface area contributed by atoms with Crippen molar-refractivity contribution in [1.29, 1.82) is 0 Å². The molecule has 14 nitrogen and oxygen atoms in total. The molecule has 1 aliphatic heterocycles. The van der Waals surface area contributed by atoms with Crippen LogP contribution in [0.2, 0.25) is 0 Å². The second kappa shape index (κ2) is 13.7. The van der Waals surface area contributed by atoms with Crippen LogP contribution in [0.1, 0.15) is 88.5 Å². The first-order valence-corrected chi connectivity index (χ1v) is 18.5. The summed E-state index contributed by atoms with van der Waals surface area (Å²) < 4.78 is 22.7. The van der Waals surface area contributed by atoms with E-state index in [2.05, 4.69) is 0 Å². The van der Waals surface area contributed by atoms with E-state index < -0.39 is 118 Å². The molecule has 0 aromatic rings. The maximum Gasteiger partial charge on any atom is 0.303 e. The molecule has 1 saturated heterocycles. The van der Waals surface area contributed by atoms with Crippen molar-refractivity contribution in [3.05, 3.63) is 35.6 Å². The number of hydrogen-bond donors (Lipinski definition) is 5. The van der Waals surface area contributed by atoms with Crippen molar-refractivity contribution < 1.29 is 68.5 Å². The Morgan fingerprint density at radius 2 is 1.59 bits per heavy atom. The van der Waals surface area contributed by atoms with Crippen molar-refractivity contribution in [1.82, 2.24) is 0 Å². The van der Waals surface area contributed by atoms with Gasteiger partial charge in [0.05, 0.1) is 12.0 Å². The zero-order valence-electron chi connectivity index (χ0n) is 32.7. The predicted molar refractivity (Wildman–Crippen MR) is 190 cm³/mol. The van der Waals surface area contributed by atoms with Gasteiger partial charge >= 0.3 is 11.9 Å². The molecule has 1 heterocycles. The average Bonchev–Trinajstić information content (AvgIpc) is 3.27. The number of aliphatic hydroxyl groups excluding tert-OH is 4. The van der Waals surface area contributed by atoms with Gasteiger partial charge in [0.1, 0.15) is 47.5 Å². The van der Waals surface area contributed by atoms with Gasteiger partial charge < -0.3 is 44.5 Å². The van der Waals surface area contributed by atoms with Gasteiger partial charge in [0, 0.05) is 37.5 Å². The van der Waals surface area contributed by atoms with E-state index in [0.29, 0.717) is 12.0 Å². The maximum atomic E-state index is 15.0. The van der Waals surface area contributed by atoms with Gasteiger partial charge in [-0.2, -0.15) is 0 Å². The van der Waals surface area contributed by atoms with Gasteiger partial charge in [-0.25, -0.2) is 0 Å². The summed E-state index contributed by atoms with van der Waals surface area (Å²) in [5.41, 5.74) is -6.86. The van der Waals surface area contributed by atoms with Crippen molar-refractivity contribution in [2.24, 2.45) is 39.4 Å². The Labute approximate surface area is 315 Å². The number of esters is 2. The zero-order chi connectivity index (χ0) is 40.7. The lowest BCUT2D eigenvalue weighted by molar-refractivity contribution is -0.291. The molecule has 0 spiro atoms. The van der Waals surface area contributed by atoms with Gasteiger partial charge in [-0.05, 0) is 82.4 Å². The van der Waals surface area contributed by atoms with E-state index in [4.69, 9.17) is 18.9 Å². The molecule has 0 aromatic heterocycles. The SMILES string of the molecule is CC(=O)O[C@@H]1C[C@@]2(C)[C@@H]3CC=C4[C@@H](C=C(O[C@@H]5O[C@H](CO)[C@@H](O)[C@H](O)[C@H]5O)C(=O)C4(C)C)[C@]3(C)C(=O)C[C@]2(C)[C@H]1[C@@](C)(O)C(=O)/C=C/C(C)(C)OC(C)=O. The number of carbonyl (C=O) groups is 5. The van der Waals surface area contributed by atoms with Crippen molar-refractivity contribution in [2.45, 2.75) is 137 Å². The average molecular weight is 761 g/mol. The van der Waals surface area contributed by atoms with E-state index in [-0.39, 0.29) is 24.4 Å². The highest BCUT2D eigenvalue weighted by molar-refractivity contribution is 6.02. The number of carbonyl (C=O) groups excluding carboxylic acids is 5. The van der Waals surface area contributed by atoms with E-state index in [0.717, 1.165) is 6.08 Å². The van der Waals surface area contributed by atoms with Crippen molar-refractivity contribution >= 4 is 29.3 Å². The second-order valence-corrected chi connectivity index (χ2v) is 17.8. The van der Waals surface area contributed by atoms with Gasteiger partial charge in [0.15, 0.2) is 11.5 Å². The largest absolute Gasteiger partial charge is 0.462 e. The van der Waals surface area contributed by atoms with Crippen molar-refractivity contribution in [2.75, 3.05) is 6.61 Å². The fourth-order valence-corrected chi connectivity index (χ4v) is 10.6.